The van der Waals surface area contributed by atoms with E-state index >= 15 is 0 Å². The van der Waals surface area contributed by atoms with Crippen LogP contribution in [0.1, 0.15) is 44.1 Å². The number of hydrogen-bond donors (Lipinski definition) is 3. The van der Waals surface area contributed by atoms with E-state index in [9.17, 15) is 4.79 Å². The highest BCUT2D eigenvalue weighted by molar-refractivity contribution is 5.65. The lowest BCUT2D eigenvalue weighted by Gasteiger charge is -2.40. The third-order valence-corrected chi connectivity index (χ3v) is 6.14. The molecule has 2 aromatic rings. The van der Waals surface area contributed by atoms with E-state index in [1.54, 1.807) is 0 Å². The Morgan fingerprint density at radius 1 is 1.07 bits per heavy atom. The number of rotatable bonds is 5. The molecule has 1 aliphatic heterocycles. The van der Waals surface area contributed by atoms with Crippen molar-refractivity contribution in [2.45, 2.75) is 63.6 Å². The van der Waals surface area contributed by atoms with Crippen LogP contribution in [0.2, 0.25) is 0 Å². The zero-order valence-corrected chi connectivity index (χ0v) is 17.1. The van der Waals surface area contributed by atoms with Crippen molar-refractivity contribution in [3.8, 4) is 5.69 Å². The summed E-state index contributed by atoms with van der Waals surface area (Å²) < 4.78 is 1.90. The van der Waals surface area contributed by atoms with Gasteiger partial charge < -0.3 is 20.6 Å². The van der Waals surface area contributed by atoms with Crippen molar-refractivity contribution in [3.05, 3.63) is 42.2 Å². The van der Waals surface area contributed by atoms with Crippen molar-refractivity contribution in [2.75, 3.05) is 18.0 Å². The van der Waals surface area contributed by atoms with Gasteiger partial charge in [-0.25, -0.2) is 9.48 Å². The molecule has 7 heteroatoms. The molecule has 2 heterocycles. The lowest BCUT2D eigenvalue weighted by Crippen LogP contribution is -2.57. The molecule has 3 N–H and O–H groups in total. The average Bonchev–Trinajstić information content (AvgIpc) is 3.16. The molecule has 2 aliphatic rings. The lowest BCUT2D eigenvalue weighted by atomic mass is 9.89. The van der Waals surface area contributed by atoms with E-state index in [4.69, 9.17) is 5.11 Å². The molecule has 29 heavy (non-hydrogen) atoms. The van der Waals surface area contributed by atoms with Gasteiger partial charge in [-0.2, -0.15) is 5.10 Å². The van der Waals surface area contributed by atoms with E-state index in [0.29, 0.717) is 6.04 Å². The summed E-state index contributed by atoms with van der Waals surface area (Å²) >= 11 is 0. The number of piperidine rings is 1. The van der Waals surface area contributed by atoms with Gasteiger partial charge in [0.05, 0.1) is 11.9 Å². The zero-order chi connectivity index (χ0) is 20.2. The molecule has 1 saturated carbocycles. The van der Waals surface area contributed by atoms with E-state index in [-0.39, 0.29) is 12.1 Å². The molecule has 1 saturated heterocycles. The number of aromatic nitrogens is 2. The summed E-state index contributed by atoms with van der Waals surface area (Å²) in [7, 11) is 0. The number of anilines is 1. The summed E-state index contributed by atoms with van der Waals surface area (Å²) in [5.74, 6) is 0. The topological polar surface area (TPSA) is 82.4 Å². The highest BCUT2D eigenvalue weighted by Gasteiger charge is 2.30. The number of benzene rings is 1. The SMILES string of the molecule is Cc1cnn(-c2ccc(N3CCC[C@H](N[C@@H]4CCCC[C@H]4NC(=O)O)C3)cc2)c1. The quantitative estimate of drug-likeness (QED) is 0.721. The molecule has 7 nitrogen and oxygen atoms in total. The van der Waals surface area contributed by atoms with Crippen LogP contribution in [0.4, 0.5) is 10.5 Å². The van der Waals surface area contributed by atoms with E-state index in [1.165, 1.54) is 12.1 Å². The molecule has 3 atom stereocenters. The van der Waals surface area contributed by atoms with Gasteiger partial charge in [0, 0.05) is 43.1 Å². The van der Waals surface area contributed by atoms with Gasteiger partial charge in [-0.3, -0.25) is 0 Å². The Morgan fingerprint density at radius 2 is 1.79 bits per heavy atom. The van der Waals surface area contributed by atoms with Crippen LogP contribution < -0.4 is 15.5 Å². The fraction of sp³-hybridized carbons (Fsp3) is 0.545. The Balaban J connectivity index is 1.38. The third-order valence-electron chi connectivity index (χ3n) is 6.14. The number of amides is 1. The van der Waals surface area contributed by atoms with Gasteiger partial charge in [0.2, 0.25) is 0 Å². The Labute approximate surface area is 172 Å². The first-order valence-corrected chi connectivity index (χ1v) is 10.7. The molecule has 1 aliphatic carbocycles. The second-order valence-corrected chi connectivity index (χ2v) is 8.38. The first-order valence-electron chi connectivity index (χ1n) is 10.7. The zero-order valence-electron chi connectivity index (χ0n) is 17.1. The molecule has 2 fully saturated rings. The number of nitrogens with one attached hydrogen (secondary N) is 2. The molecule has 0 spiro atoms. The van der Waals surface area contributed by atoms with Crippen molar-refractivity contribution in [2.24, 2.45) is 0 Å². The van der Waals surface area contributed by atoms with Crippen LogP contribution in [0.15, 0.2) is 36.7 Å². The largest absolute Gasteiger partial charge is 0.465 e. The van der Waals surface area contributed by atoms with Crippen molar-refractivity contribution < 1.29 is 9.90 Å². The highest BCUT2D eigenvalue weighted by Crippen LogP contribution is 2.24. The number of carboxylic acid groups (broad SMARTS) is 1. The number of carbonyl (C=O) groups is 1. The highest BCUT2D eigenvalue weighted by atomic mass is 16.4. The lowest BCUT2D eigenvalue weighted by molar-refractivity contribution is 0.176. The molecule has 0 bridgehead atoms. The summed E-state index contributed by atoms with van der Waals surface area (Å²) in [5.41, 5.74) is 3.45. The minimum Gasteiger partial charge on any atom is -0.465 e. The van der Waals surface area contributed by atoms with E-state index in [2.05, 4.69) is 44.9 Å². The van der Waals surface area contributed by atoms with Crippen molar-refractivity contribution >= 4 is 11.8 Å². The van der Waals surface area contributed by atoms with Crippen LogP contribution in [0.3, 0.4) is 0 Å². The van der Waals surface area contributed by atoms with E-state index in [1.807, 2.05) is 24.0 Å². The minimum absolute atomic E-state index is 0.0217. The van der Waals surface area contributed by atoms with Crippen LogP contribution in [-0.4, -0.2) is 52.2 Å². The summed E-state index contributed by atoms with van der Waals surface area (Å²) in [6.07, 6.45) is 9.49. The Morgan fingerprint density at radius 3 is 2.48 bits per heavy atom. The van der Waals surface area contributed by atoms with Crippen LogP contribution in [0.5, 0.6) is 0 Å². The second-order valence-electron chi connectivity index (χ2n) is 8.38. The maximum absolute atomic E-state index is 11.1. The monoisotopic (exact) mass is 397 g/mol. The fourth-order valence-electron chi connectivity index (χ4n) is 4.68. The van der Waals surface area contributed by atoms with E-state index < -0.39 is 6.09 Å². The molecule has 1 aromatic heterocycles. The van der Waals surface area contributed by atoms with Gasteiger partial charge in [-0.1, -0.05) is 12.8 Å². The maximum atomic E-state index is 11.1. The summed E-state index contributed by atoms with van der Waals surface area (Å²) in [6, 6.07) is 9.22. The average molecular weight is 398 g/mol. The van der Waals surface area contributed by atoms with Crippen molar-refractivity contribution in [1.29, 1.82) is 0 Å². The maximum Gasteiger partial charge on any atom is 0.404 e. The summed E-state index contributed by atoms with van der Waals surface area (Å²) in [6.45, 7) is 4.05. The number of nitrogens with zero attached hydrogens (tertiary/aromatic N) is 3. The third kappa shape index (κ3) is 4.90. The van der Waals surface area contributed by atoms with Crippen LogP contribution in [0.25, 0.3) is 5.69 Å². The molecule has 1 amide bonds. The van der Waals surface area contributed by atoms with Crippen LogP contribution in [0, 0.1) is 6.92 Å². The van der Waals surface area contributed by atoms with Gasteiger partial charge in [0.15, 0.2) is 0 Å². The Hall–Kier alpha value is -2.54. The number of aryl methyl sites for hydroxylation is 1. The van der Waals surface area contributed by atoms with Crippen molar-refractivity contribution in [1.82, 2.24) is 20.4 Å². The summed E-state index contributed by atoms with van der Waals surface area (Å²) in [4.78, 5) is 13.6. The van der Waals surface area contributed by atoms with Gasteiger partial charge in [-0.15, -0.1) is 0 Å². The molecule has 4 rings (SSSR count). The van der Waals surface area contributed by atoms with E-state index in [0.717, 1.165) is 56.4 Å². The van der Waals surface area contributed by atoms with Gasteiger partial charge in [-0.05, 0) is 62.4 Å². The molecular weight excluding hydrogens is 366 g/mol. The first kappa shape index (κ1) is 19.8. The smallest absolute Gasteiger partial charge is 0.404 e. The van der Waals surface area contributed by atoms with Gasteiger partial charge in [0.1, 0.15) is 0 Å². The molecule has 1 aromatic carbocycles. The predicted octanol–water partition coefficient (Wildman–Crippen LogP) is 3.32. The normalized spacial score (nSPS) is 25.0. The second kappa shape index (κ2) is 8.86. The van der Waals surface area contributed by atoms with Gasteiger partial charge in [0.25, 0.3) is 0 Å². The molecule has 156 valence electrons. The first-order chi connectivity index (χ1) is 14.1. The van der Waals surface area contributed by atoms with Crippen molar-refractivity contribution in [3.63, 3.8) is 0 Å². The Kier molecular flexibility index (Phi) is 6.04. The van der Waals surface area contributed by atoms with Crippen LogP contribution in [-0.2, 0) is 0 Å². The Bertz CT molecular complexity index is 819. The fourth-order valence-corrected chi connectivity index (χ4v) is 4.68. The molecule has 0 unspecified atom stereocenters. The standard InChI is InChI=1S/C22H31N5O2/c1-16-13-23-27(14-16)19-10-8-18(9-11-19)26-12-4-5-17(15-26)24-20-6-2-3-7-21(20)25-22(28)29/h8-11,13-14,17,20-21,24-25H,2-7,12,15H2,1H3,(H,28,29)/t17-,20+,21+/m0/s1. The molecule has 0 radical (unpaired) electrons. The summed E-state index contributed by atoms with van der Waals surface area (Å²) in [5, 5.41) is 20.0. The number of hydrogen-bond acceptors (Lipinski definition) is 4. The minimum atomic E-state index is -0.915. The predicted molar refractivity (Wildman–Crippen MR) is 114 cm³/mol. The molecular formula is C22H31N5O2. The van der Waals surface area contributed by atoms with Crippen LogP contribution >= 0.6 is 0 Å². The van der Waals surface area contributed by atoms with Gasteiger partial charge >= 0.3 is 6.09 Å².